The predicted octanol–water partition coefficient (Wildman–Crippen LogP) is 2.61. The molecule has 1 aromatic carbocycles. The van der Waals surface area contributed by atoms with E-state index in [2.05, 4.69) is 0 Å². The number of urea groups is 1. The third kappa shape index (κ3) is 4.04. The van der Waals surface area contributed by atoms with Crippen molar-refractivity contribution in [2.75, 3.05) is 39.3 Å². The lowest BCUT2D eigenvalue weighted by Gasteiger charge is -2.36. The summed E-state index contributed by atoms with van der Waals surface area (Å²) in [6, 6.07) is 5.32. The zero-order valence-electron chi connectivity index (χ0n) is 15.8. The fraction of sp³-hybridized carbons (Fsp3) is 0.632. The highest BCUT2D eigenvalue weighted by atomic mass is 32.2. The molecule has 0 aromatic heterocycles. The zero-order chi connectivity index (χ0) is 18.7. The lowest BCUT2D eigenvalue weighted by atomic mass is 10.1. The van der Waals surface area contributed by atoms with Gasteiger partial charge < -0.3 is 9.80 Å². The molecule has 3 rings (SSSR count). The van der Waals surface area contributed by atoms with Crippen molar-refractivity contribution in [1.29, 1.82) is 0 Å². The van der Waals surface area contributed by atoms with Crippen LogP contribution in [0.4, 0.5) is 4.79 Å². The number of rotatable bonds is 2. The van der Waals surface area contributed by atoms with Crippen molar-refractivity contribution >= 4 is 16.1 Å². The minimum atomic E-state index is -3.50. The second-order valence-corrected chi connectivity index (χ2v) is 9.26. The number of amides is 2. The number of carbonyl (C=O) groups excluding carboxylic acids is 1. The molecule has 0 aliphatic carbocycles. The number of benzene rings is 1. The van der Waals surface area contributed by atoms with Crippen LogP contribution in [0.3, 0.4) is 0 Å². The first-order valence-corrected chi connectivity index (χ1v) is 10.9. The third-order valence-corrected chi connectivity index (χ3v) is 7.40. The maximum Gasteiger partial charge on any atom is 0.320 e. The number of aryl methyl sites for hydroxylation is 2. The van der Waals surface area contributed by atoms with E-state index in [4.69, 9.17) is 0 Å². The Hall–Kier alpha value is -1.60. The van der Waals surface area contributed by atoms with Crippen molar-refractivity contribution in [3.05, 3.63) is 29.3 Å². The fourth-order valence-corrected chi connectivity index (χ4v) is 5.11. The van der Waals surface area contributed by atoms with Crippen LogP contribution in [0.5, 0.6) is 0 Å². The smallest absolute Gasteiger partial charge is 0.320 e. The molecule has 0 radical (unpaired) electrons. The molecule has 0 bridgehead atoms. The van der Waals surface area contributed by atoms with Crippen molar-refractivity contribution in [1.82, 2.24) is 14.1 Å². The summed E-state index contributed by atoms with van der Waals surface area (Å²) in [5.41, 5.74) is 2.05. The topological polar surface area (TPSA) is 60.9 Å². The monoisotopic (exact) mass is 379 g/mol. The van der Waals surface area contributed by atoms with Crippen molar-refractivity contribution in [2.24, 2.45) is 0 Å². The van der Waals surface area contributed by atoms with E-state index in [1.54, 1.807) is 17.0 Å². The summed E-state index contributed by atoms with van der Waals surface area (Å²) >= 11 is 0. The van der Waals surface area contributed by atoms with E-state index in [0.717, 1.165) is 37.1 Å². The SMILES string of the molecule is Cc1ccc(S(=O)(=O)N2CCN(C(=O)N3CCCCCC3)CC2)cc1C. The van der Waals surface area contributed by atoms with Crippen molar-refractivity contribution in [3.8, 4) is 0 Å². The molecule has 0 spiro atoms. The maximum absolute atomic E-state index is 12.9. The van der Waals surface area contributed by atoms with Crippen molar-refractivity contribution in [3.63, 3.8) is 0 Å². The summed E-state index contributed by atoms with van der Waals surface area (Å²) in [5, 5.41) is 0. The number of sulfonamides is 1. The number of hydrogen-bond acceptors (Lipinski definition) is 3. The predicted molar refractivity (Wildman–Crippen MR) is 102 cm³/mol. The van der Waals surface area contributed by atoms with Crippen LogP contribution in [0.1, 0.15) is 36.8 Å². The molecule has 144 valence electrons. The van der Waals surface area contributed by atoms with Gasteiger partial charge in [0.05, 0.1) is 4.90 Å². The minimum absolute atomic E-state index is 0.0649. The molecule has 2 aliphatic rings. The average molecular weight is 380 g/mol. The summed E-state index contributed by atoms with van der Waals surface area (Å²) in [7, 11) is -3.50. The quantitative estimate of drug-likeness (QED) is 0.794. The number of hydrogen-bond donors (Lipinski definition) is 0. The van der Waals surface area contributed by atoms with E-state index in [9.17, 15) is 13.2 Å². The highest BCUT2D eigenvalue weighted by Gasteiger charge is 2.31. The van der Waals surface area contributed by atoms with E-state index >= 15 is 0 Å². The van der Waals surface area contributed by atoms with Gasteiger partial charge >= 0.3 is 6.03 Å². The molecule has 6 nitrogen and oxygen atoms in total. The van der Waals surface area contributed by atoms with Gasteiger partial charge in [-0.15, -0.1) is 0 Å². The maximum atomic E-state index is 12.9. The Bertz CT molecular complexity index is 747. The van der Waals surface area contributed by atoms with Gasteiger partial charge in [-0.25, -0.2) is 13.2 Å². The summed E-state index contributed by atoms with van der Waals surface area (Å²) in [6.45, 7) is 7.16. The first kappa shape index (κ1) is 19.2. The molecule has 26 heavy (non-hydrogen) atoms. The van der Waals surface area contributed by atoms with Crippen LogP contribution in [0.25, 0.3) is 0 Å². The zero-order valence-corrected chi connectivity index (χ0v) is 16.6. The summed E-state index contributed by atoms with van der Waals surface area (Å²) in [4.78, 5) is 16.8. The molecule has 2 fully saturated rings. The number of nitrogens with zero attached hydrogens (tertiary/aromatic N) is 3. The van der Waals surface area contributed by atoms with Gasteiger partial charge in [-0.05, 0) is 49.9 Å². The second kappa shape index (κ2) is 7.96. The lowest BCUT2D eigenvalue weighted by molar-refractivity contribution is 0.135. The average Bonchev–Trinajstić information content (AvgIpc) is 2.93. The molecule has 0 unspecified atom stereocenters. The molecule has 0 atom stereocenters. The molecule has 2 aliphatic heterocycles. The third-order valence-electron chi connectivity index (χ3n) is 5.50. The Balaban J connectivity index is 1.63. The standard InChI is InChI=1S/C19H29N3O3S/c1-16-7-8-18(15-17(16)2)26(24,25)22-13-11-21(12-14-22)19(23)20-9-5-3-4-6-10-20/h7-8,15H,3-6,9-14H2,1-2H3. The van der Waals surface area contributed by atoms with Crippen LogP contribution < -0.4 is 0 Å². The molecule has 0 N–H and O–H groups in total. The highest BCUT2D eigenvalue weighted by molar-refractivity contribution is 7.89. The van der Waals surface area contributed by atoms with Crippen LogP contribution in [-0.2, 0) is 10.0 Å². The van der Waals surface area contributed by atoms with E-state index in [-0.39, 0.29) is 6.03 Å². The fourth-order valence-electron chi connectivity index (χ4n) is 3.61. The lowest BCUT2D eigenvalue weighted by Crippen LogP contribution is -2.54. The van der Waals surface area contributed by atoms with E-state index in [0.29, 0.717) is 31.1 Å². The van der Waals surface area contributed by atoms with Gasteiger partial charge in [0.2, 0.25) is 10.0 Å². The van der Waals surface area contributed by atoms with Gasteiger partial charge in [0.25, 0.3) is 0 Å². The van der Waals surface area contributed by atoms with Crippen molar-refractivity contribution < 1.29 is 13.2 Å². The first-order chi connectivity index (χ1) is 12.4. The molecule has 7 heteroatoms. The van der Waals surface area contributed by atoms with E-state index < -0.39 is 10.0 Å². The number of piperazine rings is 1. The van der Waals surface area contributed by atoms with Gasteiger partial charge in [0, 0.05) is 39.3 Å². The van der Waals surface area contributed by atoms with Crippen LogP contribution in [0.2, 0.25) is 0 Å². The molecular formula is C19H29N3O3S. The molecule has 2 heterocycles. The number of carbonyl (C=O) groups is 1. The van der Waals surface area contributed by atoms with Crippen LogP contribution in [-0.4, -0.2) is 67.8 Å². The normalized spacial score (nSPS) is 20.1. The molecule has 2 saturated heterocycles. The van der Waals surface area contributed by atoms with Crippen LogP contribution >= 0.6 is 0 Å². The van der Waals surface area contributed by atoms with Gasteiger partial charge in [0.1, 0.15) is 0 Å². The van der Waals surface area contributed by atoms with Gasteiger partial charge in [0.15, 0.2) is 0 Å². The number of likely N-dealkylation sites (tertiary alicyclic amines) is 1. The minimum Gasteiger partial charge on any atom is -0.325 e. The highest BCUT2D eigenvalue weighted by Crippen LogP contribution is 2.21. The van der Waals surface area contributed by atoms with E-state index in [1.807, 2.05) is 24.8 Å². The summed E-state index contributed by atoms with van der Waals surface area (Å²) < 4.78 is 27.3. The molecule has 0 saturated carbocycles. The van der Waals surface area contributed by atoms with Crippen LogP contribution in [0, 0.1) is 13.8 Å². The molecule has 2 amide bonds. The van der Waals surface area contributed by atoms with Gasteiger partial charge in [-0.2, -0.15) is 4.31 Å². The van der Waals surface area contributed by atoms with E-state index in [1.165, 1.54) is 17.1 Å². The molecule has 1 aromatic rings. The van der Waals surface area contributed by atoms with Gasteiger partial charge in [-0.1, -0.05) is 18.9 Å². The Morgan fingerprint density at radius 2 is 1.38 bits per heavy atom. The van der Waals surface area contributed by atoms with Gasteiger partial charge in [-0.3, -0.25) is 0 Å². The Kier molecular flexibility index (Phi) is 5.87. The molecular weight excluding hydrogens is 350 g/mol. The van der Waals surface area contributed by atoms with Crippen molar-refractivity contribution in [2.45, 2.75) is 44.4 Å². The Labute approximate surface area is 156 Å². The Morgan fingerprint density at radius 3 is 1.96 bits per heavy atom. The first-order valence-electron chi connectivity index (χ1n) is 9.51. The largest absolute Gasteiger partial charge is 0.325 e. The second-order valence-electron chi connectivity index (χ2n) is 7.32. The van der Waals surface area contributed by atoms with Crippen LogP contribution in [0.15, 0.2) is 23.1 Å². The Morgan fingerprint density at radius 1 is 0.808 bits per heavy atom. The summed E-state index contributed by atoms with van der Waals surface area (Å²) in [5.74, 6) is 0. The summed E-state index contributed by atoms with van der Waals surface area (Å²) in [6.07, 6.45) is 4.50.